The monoisotopic (exact) mass is 314 g/mol. The van der Waals surface area contributed by atoms with E-state index in [9.17, 15) is 14.4 Å². The van der Waals surface area contributed by atoms with Crippen molar-refractivity contribution in [2.24, 2.45) is 5.92 Å². The fourth-order valence-corrected chi connectivity index (χ4v) is 3.07. The maximum atomic E-state index is 12.6. The van der Waals surface area contributed by atoms with E-state index in [4.69, 9.17) is 0 Å². The molecule has 1 aromatic carbocycles. The molecule has 2 aliphatic rings. The number of aromatic amines is 2. The van der Waals surface area contributed by atoms with E-state index in [-0.39, 0.29) is 23.4 Å². The van der Waals surface area contributed by atoms with E-state index in [2.05, 4.69) is 9.97 Å². The molecule has 0 unspecified atom stereocenters. The van der Waals surface area contributed by atoms with E-state index in [1.165, 1.54) is 0 Å². The van der Waals surface area contributed by atoms with Gasteiger partial charge in [0, 0.05) is 37.7 Å². The molecule has 1 aliphatic carbocycles. The molecule has 2 aromatic rings. The fourth-order valence-electron chi connectivity index (χ4n) is 3.07. The Morgan fingerprint density at radius 2 is 1.61 bits per heavy atom. The molecule has 0 atom stereocenters. The van der Waals surface area contributed by atoms with Gasteiger partial charge in [-0.1, -0.05) is 0 Å². The summed E-state index contributed by atoms with van der Waals surface area (Å²) in [6.07, 6.45) is 2.01. The highest BCUT2D eigenvalue weighted by Crippen LogP contribution is 2.31. The molecular weight excluding hydrogens is 296 g/mol. The van der Waals surface area contributed by atoms with Crippen LogP contribution in [-0.4, -0.2) is 57.8 Å². The van der Waals surface area contributed by atoms with Gasteiger partial charge in [-0.15, -0.1) is 0 Å². The van der Waals surface area contributed by atoms with Crippen molar-refractivity contribution in [1.29, 1.82) is 0 Å². The van der Waals surface area contributed by atoms with Gasteiger partial charge in [0.1, 0.15) is 0 Å². The molecule has 2 N–H and O–H groups in total. The molecule has 7 heteroatoms. The van der Waals surface area contributed by atoms with Crippen LogP contribution in [0.3, 0.4) is 0 Å². The number of benzene rings is 1. The quantitative estimate of drug-likeness (QED) is 0.848. The molecule has 23 heavy (non-hydrogen) atoms. The Morgan fingerprint density at radius 3 is 2.30 bits per heavy atom. The molecule has 1 aromatic heterocycles. The van der Waals surface area contributed by atoms with E-state index in [0.717, 1.165) is 12.8 Å². The summed E-state index contributed by atoms with van der Waals surface area (Å²) in [6, 6.07) is 5.14. The number of amides is 2. The predicted octanol–water partition coefficient (Wildman–Crippen LogP) is 0.551. The number of H-pyrrole nitrogens is 2. The van der Waals surface area contributed by atoms with Gasteiger partial charge in [-0.2, -0.15) is 0 Å². The van der Waals surface area contributed by atoms with Gasteiger partial charge >= 0.3 is 5.69 Å². The number of rotatable bonds is 2. The highest BCUT2D eigenvalue weighted by atomic mass is 16.2. The number of imidazole rings is 1. The molecule has 1 aliphatic heterocycles. The van der Waals surface area contributed by atoms with Crippen LogP contribution in [0.15, 0.2) is 23.0 Å². The first kappa shape index (κ1) is 14.0. The first-order chi connectivity index (χ1) is 11.1. The second-order valence-corrected chi connectivity index (χ2v) is 6.23. The number of carbonyl (C=O) groups is 2. The van der Waals surface area contributed by atoms with Crippen LogP contribution in [0.2, 0.25) is 0 Å². The largest absolute Gasteiger partial charge is 0.339 e. The number of aromatic nitrogens is 2. The summed E-state index contributed by atoms with van der Waals surface area (Å²) in [6.45, 7) is 2.31. The molecule has 7 nitrogen and oxygen atoms in total. The van der Waals surface area contributed by atoms with Crippen molar-refractivity contribution in [2.45, 2.75) is 12.8 Å². The number of nitrogens with zero attached hydrogens (tertiary/aromatic N) is 2. The van der Waals surface area contributed by atoms with Crippen LogP contribution in [0, 0.1) is 5.92 Å². The van der Waals surface area contributed by atoms with Gasteiger partial charge in [-0.05, 0) is 31.0 Å². The Balaban J connectivity index is 1.46. The van der Waals surface area contributed by atoms with Gasteiger partial charge in [-0.25, -0.2) is 4.79 Å². The average Bonchev–Trinajstić information content (AvgIpc) is 3.34. The first-order valence-electron chi connectivity index (χ1n) is 7.92. The molecule has 0 bridgehead atoms. The van der Waals surface area contributed by atoms with Crippen LogP contribution in [0.4, 0.5) is 0 Å². The Labute approximate surface area is 132 Å². The lowest BCUT2D eigenvalue weighted by molar-refractivity contribution is -0.134. The van der Waals surface area contributed by atoms with Crippen molar-refractivity contribution < 1.29 is 9.59 Å². The van der Waals surface area contributed by atoms with Crippen molar-refractivity contribution in [3.05, 3.63) is 34.2 Å². The van der Waals surface area contributed by atoms with Crippen LogP contribution in [-0.2, 0) is 4.79 Å². The Hall–Kier alpha value is -2.57. The SMILES string of the molecule is O=C(c1ccc2[nH]c(=O)[nH]c2c1)N1CCN(C(=O)C2CC2)CC1. The van der Waals surface area contributed by atoms with Crippen molar-refractivity contribution in [3.63, 3.8) is 0 Å². The fraction of sp³-hybridized carbons (Fsp3) is 0.438. The van der Waals surface area contributed by atoms with Gasteiger partial charge in [0.05, 0.1) is 11.0 Å². The predicted molar refractivity (Wildman–Crippen MR) is 84.1 cm³/mol. The second kappa shape index (κ2) is 5.26. The minimum absolute atomic E-state index is 0.0625. The molecule has 1 saturated carbocycles. The van der Waals surface area contributed by atoms with Gasteiger partial charge < -0.3 is 19.8 Å². The molecule has 120 valence electrons. The summed E-state index contributed by atoms with van der Waals surface area (Å²) in [5.41, 5.74) is 1.58. The van der Waals surface area contributed by atoms with Crippen molar-refractivity contribution in [1.82, 2.24) is 19.8 Å². The summed E-state index contributed by atoms with van der Waals surface area (Å²) in [5, 5.41) is 0. The number of fused-ring (bicyclic) bond motifs is 1. The molecule has 0 radical (unpaired) electrons. The maximum Gasteiger partial charge on any atom is 0.323 e. The van der Waals surface area contributed by atoms with Gasteiger partial charge in [0.25, 0.3) is 5.91 Å². The zero-order chi connectivity index (χ0) is 16.0. The van der Waals surface area contributed by atoms with E-state index >= 15 is 0 Å². The third-order valence-electron chi connectivity index (χ3n) is 4.57. The van der Waals surface area contributed by atoms with E-state index in [1.54, 1.807) is 23.1 Å². The summed E-state index contributed by atoms with van der Waals surface area (Å²) < 4.78 is 0. The van der Waals surface area contributed by atoms with Gasteiger partial charge in [-0.3, -0.25) is 9.59 Å². The van der Waals surface area contributed by atoms with Crippen LogP contribution in [0.25, 0.3) is 11.0 Å². The molecule has 2 heterocycles. The van der Waals surface area contributed by atoms with Gasteiger partial charge in [0.15, 0.2) is 0 Å². The number of nitrogens with one attached hydrogen (secondary N) is 2. The highest BCUT2D eigenvalue weighted by molar-refractivity contribution is 5.97. The first-order valence-corrected chi connectivity index (χ1v) is 7.92. The Bertz CT molecular complexity index is 825. The standard InChI is InChI=1S/C16H18N4O3/c21-14(10-1-2-10)19-5-7-20(8-6-19)15(22)11-3-4-12-13(9-11)18-16(23)17-12/h3-4,9-10H,1-2,5-8H2,(H2,17,18,23). The minimum atomic E-state index is -0.281. The highest BCUT2D eigenvalue weighted by Gasteiger charge is 2.35. The molecule has 2 fully saturated rings. The minimum Gasteiger partial charge on any atom is -0.339 e. The number of hydrogen-bond acceptors (Lipinski definition) is 3. The maximum absolute atomic E-state index is 12.6. The van der Waals surface area contributed by atoms with Crippen LogP contribution >= 0.6 is 0 Å². The zero-order valence-electron chi connectivity index (χ0n) is 12.7. The molecule has 2 amide bonds. The lowest BCUT2D eigenvalue weighted by Gasteiger charge is -2.35. The van der Waals surface area contributed by atoms with E-state index < -0.39 is 0 Å². The molecular formula is C16H18N4O3. The van der Waals surface area contributed by atoms with Crippen LogP contribution < -0.4 is 5.69 Å². The lowest BCUT2D eigenvalue weighted by Crippen LogP contribution is -2.51. The average molecular weight is 314 g/mol. The Morgan fingerprint density at radius 1 is 0.957 bits per heavy atom. The number of piperazine rings is 1. The summed E-state index contributed by atoms with van der Waals surface area (Å²) in [7, 11) is 0. The summed E-state index contributed by atoms with van der Waals surface area (Å²) in [4.78, 5) is 44.9. The number of hydrogen-bond donors (Lipinski definition) is 2. The Kier molecular flexibility index (Phi) is 3.21. The van der Waals surface area contributed by atoms with Crippen molar-refractivity contribution in [3.8, 4) is 0 Å². The van der Waals surface area contributed by atoms with E-state index in [1.807, 2.05) is 4.90 Å². The number of carbonyl (C=O) groups excluding carboxylic acids is 2. The van der Waals surface area contributed by atoms with Crippen LogP contribution in [0.5, 0.6) is 0 Å². The lowest BCUT2D eigenvalue weighted by atomic mass is 10.1. The summed E-state index contributed by atoms with van der Waals surface area (Å²) in [5.74, 6) is 0.404. The molecule has 1 saturated heterocycles. The zero-order valence-corrected chi connectivity index (χ0v) is 12.7. The third kappa shape index (κ3) is 2.62. The topological polar surface area (TPSA) is 89.3 Å². The summed E-state index contributed by atoms with van der Waals surface area (Å²) >= 11 is 0. The van der Waals surface area contributed by atoms with Crippen molar-refractivity contribution >= 4 is 22.8 Å². The third-order valence-corrected chi connectivity index (χ3v) is 4.57. The molecule has 0 spiro atoms. The smallest absolute Gasteiger partial charge is 0.323 e. The second-order valence-electron chi connectivity index (χ2n) is 6.23. The molecule has 4 rings (SSSR count). The van der Waals surface area contributed by atoms with Gasteiger partial charge in [0.2, 0.25) is 5.91 Å². The van der Waals surface area contributed by atoms with Crippen molar-refractivity contribution in [2.75, 3.05) is 26.2 Å². The normalized spacial score (nSPS) is 18.4. The van der Waals surface area contributed by atoms with E-state index in [0.29, 0.717) is 42.8 Å². The van der Waals surface area contributed by atoms with Crippen LogP contribution in [0.1, 0.15) is 23.2 Å².